The van der Waals surface area contributed by atoms with Crippen LogP contribution in [0.25, 0.3) is 6.08 Å². The third-order valence-corrected chi connectivity index (χ3v) is 4.98. The number of allylic oxidation sites excluding steroid dienone is 1. The lowest BCUT2D eigenvalue weighted by atomic mass is 9.89. The number of halogens is 1. The second-order valence-corrected chi connectivity index (χ2v) is 6.69. The Morgan fingerprint density at radius 2 is 1.74 bits per heavy atom. The van der Waals surface area contributed by atoms with Gasteiger partial charge in [0.1, 0.15) is 12.4 Å². The maximum absolute atomic E-state index is 6.05. The largest absolute Gasteiger partial charge is 0.492 e. The number of rotatable bonds is 6. The van der Waals surface area contributed by atoms with Crippen LogP contribution in [0.1, 0.15) is 50.5 Å². The molecule has 0 bridgehead atoms. The third-order valence-electron chi connectivity index (χ3n) is 4.98. The van der Waals surface area contributed by atoms with Gasteiger partial charge in [0.25, 0.3) is 0 Å². The van der Waals surface area contributed by atoms with Gasteiger partial charge in [-0.25, -0.2) is 0 Å². The Morgan fingerprint density at radius 3 is 2.52 bits per heavy atom. The highest BCUT2D eigenvalue weighted by Crippen LogP contribution is 2.27. The van der Waals surface area contributed by atoms with Gasteiger partial charge in [-0.15, -0.1) is 12.4 Å². The lowest BCUT2D eigenvalue weighted by Crippen LogP contribution is -2.25. The Balaban J connectivity index is 0.00000192. The van der Waals surface area contributed by atoms with Crippen molar-refractivity contribution in [2.75, 3.05) is 26.2 Å². The van der Waals surface area contributed by atoms with Crippen molar-refractivity contribution >= 4 is 18.5 Å². The fourth-order valence-electron chi connectivity index (χ4n) is 3.61. The summed E-state index contributed by atoms with van der Waals surface area (Å²) in [5.74, 6) is 1.81. The molecule has 2 fully saturated rings. The number of likely N-dealkylation sites (tertiary alicyclic amines) is 1. The number of nitrogens with zero attached hydrogens (tertiary/aromatic N) is 1. The molecule has 23 heavy (non-hydrogen) atoms. The van der Waals surface area contributed by atoms with Crippen LogP contribution >= 0.6 is 12.4 Å². The van der Waals surface area contributed by atoms with Crippen molar-refractivity contribution in [1.82, 2.24) is 4.90 Å². The van der Waals surface area contributed by atoms with Crippen LogP contribution in [0.5, 0.6) is 5.75 Å². The zero-order valence-electron chi connectivity index (χ0n) is 14.1. The van der Waals surface area contributed by atoms with Gasteiger partial charge in [-0.1, -0.05) is 49.6 Å². The number of para-hydroxylation sites is 1. The molecule has 1 aromatic carbocycles. The van der Waals surface area contributed by atoms with E-state index in [4.69, 9.17) is 4.74 Å². The number of ether oxygens (including phenoxy) is 1. The average molecular weight is 336 g/mol. The van der Waals surface area contributed by atoms with Crippen LogP contribution < -0.4 is 4.74 Å². The number of hydrogen-bond donors (Lipinski definition) is 0. The molecular weight excluding hydrogens is 306 g/mol. The summed E-state index contributed by atoms with van der Waals surface area (Å²) in [5.41, 5.74) is 1.23. The van der Waals surface area contributed by atoms with E-state index < -0.39 is 0 Å². The Kier molecular flexibility index (Phi) is 7.98. The summed E-state index contributed by atoms with van der Waals surface area (Å²) in [6.07, 6.45) is 14.3. The summed E-state index contributed by atoms with van der Waals surface area (Å²) >= 11 is 0. The summed E-state index contributed by atoms with van der Waals surface area (Å²) in [5, 5.41) is 0. The van der Waals surface area contributed by atoms with Gasteiger partial charge in [0.05, 0.1) is 0 Å². The van der Waals surface area contributed by atoms with Gasteiger partial charge in [-0.3, -0.25) is 4.90 Å². The Bertz CT molecular complexity index is 476. The Labute approximate surface area is 147 Å². The predicted octanol–water partition coefficient (Wildman–Crippen LogP) is 5.18. The van der Waals surface area contributed by atoms with Gasteiger partial charge in [-0.05, 0) is 50.8 Å². The van der Waals surface area contributed by atoms with E-state index in [0.29, 0.717) is 0 Å². The maximum Gasteiger partial charge on any atom is 0.126 e. The van der Waals surface area contributed by atoms with E-state index in [9.17, 15) is 0 Å². The molecule has 1 saturated carbocycles. The summed E-state index contributed by atoms with van der Waals surface area (Å²) < 4.78 is 6.05. The van der Waals surface area contributed by atoms with Crippen LogP contribution in [0.2, 0.25) is 0 Å². The molecule has 0 atom stereocenters. The van der Waals surface area contributed by atoms with E-state index in [1.165, 1.54) is 63.6 Å². The van der Waals surface area contributed by atoms with Crippen molar-refractivity contribution in [1.29, 1.82) is 0 Å². The molecule has 0 unspecified atom stereocenters. The predicted molar refractivity (Wildman–Crippen MR) is 100 cm³/mol. The molecule has 3 rings (SSSR count). The lowest BCUT2D eigenvalue weighted by Gasteiger charge is -2.18. The van der Waals surface area contributed by atoms with Crippen LogP contribution in [-0.4, -0.2) is 31.1 Å². The molecule has 0 amide bonds. The van der Waals surface area contributed by atoms with Gasteiger partial charge < -0.3 is 4.74 Å². The van der Waals surface area contributed by atoms with Gasteiger partial charge in [0, 0.05) is 12.1 Å². The summed E-state index contributed by atoms with van der Waals surface area (Å²) in [6, 6.07) is 8.45. The van der Waals surface area contributed by atoms with Gasteiger partial charge in [0.2, 0.25) is 0 Å². The van der Waals surface area contributed by atoms with Crippen molar-refractivity contribution in [2.45, 2.75) is 44.9 Å². The first-order valence-electron chi connectivity index (χ1n) is 9.04. The van der Waals surface area contributed by atoms with E-state index in [1.807, 2.05) is 0 Å². The molecule has 0 aromatic heterocycles. The molecule has 0 N–H and O–H groups in total. The molecule has 0 spiro atoms. The van der Waals surface area contributed by atoms with Crippen molar-refractivity contribution in [3.05, 3.63) is 35.9 Å². The summed E-state index contributed by atoms with van der Waals surface area (Å²) in [4.78, 5) is 2.50. The van der Waals surface area contributed by atoms with Crippen molar-refractivity contribution in [2.24, 2.45) is 5.92 Å². The summed E-state index contributed by atoms with van der Waals surface area (Å²) in [6.45, 7) is 4.34. The van der Waals surface area contributed by atoms with E-state index in [0.717, 1.165) is 24.8 Å². The molecule has 0 radical (unpaired) electrons. The molecule has 1 aromatic rings. The van der Waals surface area contributed by atoms with E-state index in [2.05, 4.69) is 41.3 Å². The Morgan fingerprint density at radius 1 is 1.00 bits per heavy atom. The van der Waals surface area contributed by atoms with E-state index in [-0.39, 0.29) is 12.4 Å². The van der Waals surface area contributed by atoms with Crippen molar-refractivity contribution in [3.8, 4) is 5.75 Å². The zero-order chi connectivity index (χ0) is 15.0. The van der Waals surface area contributed by atoms with Crippen LogP contribution in [0, 0.1) is 5.92 Å². The molecule has 3 heteroatoms. The summed E-state index contributed by atoms with van der Waals surface area (Å²) in [7, 11) is 0. The van der Waals surface area contributed by atoms with Gasteiger partial charge in [0.15, 0.2) is 0 Å². The smallest absolute Gasteiger partial charge is 0.126 e. The molecular formula is C20H30ClNO. The molecule has 2 nitrogen and oxygen atoms in total. The molecule has 1 saturated heterocycles. The monoisotopic (exact) mass is 335 g/mol. The first-order valence-corrected chi connectivity index (χ1v) is 9.04. The first-order chi connectivity index (χ1) is 10.9. The highest BCUT2D eigenvalue weighted by molar-refractivity contribution is 5.85. The second-order valence-electron chi connectivity index (χ2n) is 6.69. The van der Waals surface area contributed by atoms with Crippen molar-refractivity contribution in [3.63, 3.8) is 0 Å². The minimum atomic E-state index is 0. The van der Waals surface area contributed by atoms with Gasteiger partial charge in [-0.2, -0.15) is 0 Å². The quantitative estimate of drug-likeness (QED) is 0.710. The Hall–Kier alpha value is -0.990. The fourth-order valence-corrected chi connectivity index (χ4v) is 3.61. The molecule has 1 aliphatic carbocycles. The molecule has 1 heterocycles. The second kappa shape index (κ2) is 10.00. The average Bonchev–Trinajstić information content (AvgIpc) is 3.08. The minimum absolute atomic E-state index is 0. The topological polar surface area (TPSA) is 12.5 Å². The van der Waals surface area contributed by atoms with Gasteiger partial charge >= 0.3 is 0 Å². The van der Waals surface area contributed by atoms with Crippen LogP contribution in [0.3, 0.4) is 0 Å². The van der Waals surface area contributed by atoms with E-state index >= 15 is 0 Å². The number of hydrogen-bond acceptors (Lipinski definition) is 2. The van der Waals surface area contributed by atoms with Crippen LogP contribution in [-0.2, 0) is 0 Å². The van der Waals surface area contributed by atoms with Crippen LogP contribution in [0.4, 0.5) is 0 Å². The molecule has 1 aliphatic heterocycles. The standard InChI is InChI=1S/C20H29NO.ClH/c1-2-8-18(9-3-1)12-13-19-10-4-5-11-20(19)22-17-16-21-14-6-7-15-21;/h4-5,10-13,18H,1-3,6-9,14-17H2;1H/b13-12+;. The van der Waals surface area contributed by atoms with E-state index in [1.54, 1.807) is 0 Å². The SMILES string of the molecule is C(=C\C1CCCCC1)/c1ccccc1OCCN1CCCC1.Cl. The molecule has 2 aliphatic rings. The highest BCUT2D eigenvalue weighted by atomic mass is 35.5. The lowest BCUT2D eigenvalue weighted by molar-refractivity contribution is 0.237. The van der Waals surface area contributed by atoms with Crippen molar-refractivity contribution < 1.29 is 4.74 Å². The highest BCUT2D eigenvalue weighted by Gasteiger charge is 2.12. The first kappa shape index (κ1) is 18.4. The normalized spacial score (nSPS) is 19.8. The zero-order valence-corrected chi connectivity index (χ0v) is 14.9. The minimum Gasteiger partial charge on any atom is -0.492 e. The maximum atomic E-state index is 6.05. The molecule has 128 valence electrons. The third kappa shape index (κ3) is 5.86. The fraction of sp³-hybridized carbons (Fsp3) is 0.600. The number of benzene rings is 1. The van der Waals surface area contributed by atoms with Crippen LogP contribution in [0.15, 0.2) is 30.3 Å².